The van der Waals surface area contributed by atoms with Gasteiger partial charge in [0.1, 0.15) is 5.60 Å². The van der Waals surface area contributed by atoms with Crippen LogP contribution in [0.5, 0.6) is 0 Å². The summed E-state index contributed by atoms with van der Waals surface area (Å²) < 4.78 is 0. The summed E-state index contributed by atoms with van der Waals surface area (Å²) in [5, 5.41) is 15.2. The van der Waals surface area contributed by atoms with E-state index in [2.05, 4.69) is 5.32 Å². The van der Waals surface area contributed by atoms with Crippen molar-refractivity contribution in [2.45, 2.75) is 19.4 Å². The molecular weight excluding hydrogens is 382 g/mol. The second kappa shape index (κ2) is 8.58. The van der Waals surface area contributed by atoms with Crippen molar-refractivity contribution in [3.05, 3.63) is 137 Å². The molecule has 0 radical (unpaired) electrons. The van der Waals surface area contributed by atoms with Crippen molar-refractivity contribution in [1.82, 2.24) is 0 Å². The van der Waals surface area contributed by atoms with Crippen LogP contribution in [-0.4, -0.2) is 11.0 Å². The van der Waals surface area contributed by atoms with Crippen molar-refractivity contribution in [2.24, 2.45) is 0 Å². The summed E-state index contributed by atoms with van der Waals surface area (Å²) in [6.45, 7) is 4.00. The summed E-state index contributed by atoms with van der Waals surface area (Å²) in [6.07, 6.45) is 0. The van der Waals surface area contributed by atoms with Gasteiger partial charge in [0.05, 0.1) is 0 Å². The minimum absolute atomic E-state index is 0.216. The SMILES string of the molecule is Cc1ccc(C(=O)Nc2ccccc2C(O)(c2ccccc2)c2ccc(C)cc2)cc1. The maximum absolute atomic E-state index is 12.9. The monoisotopic (exact) mass is 407 g/mol. The second-order valence-corrected chi connectivity index (χ2v) is 7.81. The van der Waals surface area contributed by atoms with Crippen LogP contribution in [0.4, 0.5) is 5.69 Å². The van der Waals surface area contributed by atoms with Crippen LogP contribution >= 0.6 is 0 Å². The van der Waals surface area contributed by atoms with E-state index in [1.807, 2.05) is 105 Å². The van der Waals surface area contributed by atoms with E-state index in [1.165, 1.54) is 0 Å². The van der Waals surface area contributed by atoms with E-state index < -0.39 is 5.60 Å². The van der Waals surface area contributed by atoms with Gasteiger partial charge in [-0.1, -0.05) is 96.1 Å². The van der Waals surface area contributed by atoms with Gasteiger partial charge >= 0.3 is 0 Å². The number of anilines is 1. The van der Waals surface area contributed by atoms with Crippen molar-refractivity contribution >= 4 is 11.6 Å². The Hall–Kier alpha value is -3.69. The highest BCUT2D eigenvalue weighted by Crippen LogP contribution is 2.40. The largest absolute Gasteiger partial charge is 0.376 e. The fourth-order valence-corrected chi connectivity index (χ4v) is 3.76. The number of hydrogen-bond donors (Lipinski definition) is 2. The number of para-hydroxylation sites is 1. The molecule has 1 amide bonds. The molecule has 1 unspecified atom stereocenters. The van der Waals surface area contributed by atoms with E-state index in [9.17, 15) is 9.90 Å². The zero-order valence-electron chi connectivity index (χ0n) is 17.7. The first-order valence-electron chi connectivity index (χ1n) is 10.3. The van der Waals surface area contributed by atoms with E-state index in [0.29, 0.717) is 16.8 Å². The number of nitrogens with one attached hydrogen (secondary N) is 1. The fourth-order valence-electron chi connectivity index (χ4n) is 3.76. The maximum atomic E-state index is 12.9. The molecular formula is C28H25NO2. The standard InChI is InChI=1S/C28H25NO2/c1-20-12-16-22(17-13-20)27(30)29-26-11-7-6-10-25(26)28(31,23-8-4-3-5-9-23)24-18-14-21(2)15-19-24/h3-19,31H,1-2H3,(H,29,30). The van der Waals surface area contributed by atoms with Crippen molar-refractivity contribution in [2.75, 3.05) is 5.32 Å². The van der Waals surface area contributed by atoms with E-state index in [0.717, 1.165) is 22.3 Å². The van der Waals surface area contributed by atoms with Crippen LogP contribution in [0.25, 0.3) is 0 Å². The van der Waals surface area contributed by atoms with Crippen molar-refractivity contribution in [1.29, 1.82) is 0 Å². The normalized spacial score (nSPS) is 12.7. The number of carbonyl (C=O) groups excluding carboxylic acids is 1. The molecule has 0 saturated carbocycles. The molecule has 1 atom stereocenters. The third-order valence-electron chi connectivity index (χ3n) is 5.54. The molecule has 0 saturated heterocycles. The molecule has 0 heterocycles. The predicted octanol–water partition coefficient (Wildman–Crippen LogP) is 5.84. The number of hydrogen-bond acceptors (Lipinski definition) is 2. The van der Waals surface area contributed by atoms with Crippen LogP contribution in [0, 0.1) is 13.8 Å². The van der Waals surface area contributed by atoms with Crippen LogP contribution < -0.4 is 5.32 Å². The summed E-state index contributed by atoms with van der Waals surface area (Å²) >= 11 is 0. The molecule has 4 aromatic carbocycles. The molecule has 2 N–H and O–H groups in total. The Morgan fingerprint density at radius 1 is 0.677 bits per heavy atom. The molecule has 0 bridgehead atoms. The molecule has 4 rings (SSSR count). The summed E-state index contributed by atoms with van der Waals surface area (Å²) in [5.74, 6) is -0.216. The number of aliphatic hydroxyl groups is 1. The quantitative estimate of drug-likeness (QED) is 0.408. The lowest BCUT2D eigenvalue weighted by Gasteiger charge is -2.32. The molecule has 0 aromatic heterocycles. The summed E-state index contributed by atoms with van der Waals surface area (Å²) in [5.41, 5.74) is 4.00. The third kappa shape index (κ3) is 4.14. The van der Waals surface area contributed by atoms with Crippen LogP contribution in [0.3, 0.4) is 0 Å². The average Bonchev–Trinajstić information content (AvgIpc) is 2.80. The first kappa shape index (κ1) is 20.6. The van der Waals surface area contributed by atoms with Crippen molar-refractivity contribution in [3.8, 4) is 0 Å². The van der Waals surface area contributed by atoms with E-state index in [1.54, 1.807) is 12.1 Å². The van der Waals surface area contributed by atoms with Crippen LogP contribution in [-0.2, 0) is 5.60 Å². The highest BCUT2D eigenvalue weighted by Gasteiger charge is 2.36. The number of aryl methyl sites for hydroxylation is 2. The zero-order chi connectivity index (χ0) is 21.8. The molecule has 0 spiro atoms. The van der Waals surface area contributed by atoms with Gasteiger partial charge in [-0.15, -0.1) is 0 Å². The lowest BCUT2D eigenvalue weighted by Crippen LogP contribution is -2.30. The average molecular weight is 408 g/mol. The Balaban J connectivity index is 1.82. The maximum Gasteiger partial charge on any atom is 0.255 e. The van der Waals surface area contributed by atoms with E-state index in [-0.39, 0.29) is 5.91 Å². The van der Waals surface area contributed by atoms with E-state index >= 15 is 0 Å². The highest BCUT2D eigenvalue weighted by atomic mass is 16.3. The lowest BCUT2D eigenvalue weighted by atomic mass is 9.79. The number of benzene rings is 4. The van der Waals surface area contributed by atoms with Crippen molar-refractivity contribution < 1.29 is 9.90 Å². The molecule has 0 aliphatic carbocycles. The topological polar surface area (TPSA) is 49.3 Å². The third-order valence-corrected chi connectivity index (χ3v) is 5.54. The first-order valence-corrected chi connectivity index (χ1v) is 10.3. The van der Waals surface area contributed by atoms with Crippen molar-refractivity contribution in [3.63, 3.8) is 0 Å². The van der Waals surface area contributed by atoms with Crippen LogP contribution in [0.15, 0.2) is 103 Å². The second-order valence-electron chi connectivity index (χ2n) is 7.81. The smallest absolute Gasteiger partial charge is 0.255 e. The molecule has 3 heteroatoms. The van der Waals surface area contributed by atoms with Gasteiger partial charge in [0.2, 0.25) is 0 Å². The number of carbonyl (C=O) groups is 1. The Morgan fingerprint density at radius 3 is 1.84 bits per heavy atom. The zero-order valence-corrected chi connectivity index (χ0v) is 17.7. The molecule has 0 aliphatic heterocycles. The molecule has 154 valence electrons. The summed E-state index contributed by atoms with van der Waals surface area (Å²) in [4.78, 5) is 12.9. The van der Waals surface area contributed by atoms with Gasteiger partial charge in [0.25, 0.3) is 5.91 Å². The Bertz CT molecular complexity index is 1180. The Kier molecular flexibility index (Phi) is 5.70. The van der Waals surface area contributed by atoms with Gasteiger partial charge in [-0.3, -0.25) is 4.79 Å². The Labute approximate surface area is 183 Å². The minimum Gasteiger partial charge on any atom is -0.376 e. The summed E-state index contributed by atoms with van der Waals surface area (Å²) in [6, 6.07) is 32.2. The number of amides is 1. The summed E-state index contributed by atoms with van der Waals surface area (Å²) in [7, 11) is 0. The van der Waals surface area contributed by atoms with Gasteiger partial charge in [-0.25, -0.2) is 0 Å². The Morgan fingerprint density at radius 2 is 1.19 bits per heavy atom. The van der Waals surface area contributed by atoms with Gasteiger partial charge in [0, 0.05) is 16.8 Å². The first-order chi connectivity index (χ1) is 15.0. The highest BCUT2D eigenvalue weighted by molar-refractivity contribution is 6.04. The molecule has 0 fully saturated rings. The molecule has 3 nitrogen and oxygen atoms in total. The van der Waals surface area contributed by atoms with Gasteiger partial charge in [-0.05, 0) is 43.2 Å². The van der Waals surface area contributed by atoms with Gasteiger partial charge in [-0.2, -0.15) is 0 Å². The van der Waals surface area contributed by atoms with Crippen LogP contribution in [0.1, 0.15) is 38.2 Å². The fraction of sp³-hybridized carbons (Fsp3) is 0.107. The minimum atomic E-state index is -1.42. The lowest BCUT2D eigenvalue weighted by molar-refractivity contribution is 0.102. The predicted molar refractivity (Wildman–Crippen MR) is 125 cm³/mol. The van der Waals surface area contributed by atoms with Crippen LogP contribution in [0.2, 0.25) is 0 Å². The molecule has 4 aromatic rings. The molecule has 31 heavy (non-hydrogen) atoms. The van der Waals surface area contributed by atoms with E-state index in [4.69, 9.17) is 0 Å². The molecule has 0 aliphatic rings. The number of rotatable bonds is 5. The van der Waals surface area contributed by atoms with Gasteiger partial charge < -0.3 is 10.4 Å². The van der Waals surface area contributed by atoms with Gasteiger partial charge in [0.15, 0.2) is 0 Å².